The van der Waals surface area contributed by atoms with Crippen LogP contribution >= 0.6 is 0 Å². The van der Waals surface area contributed by atoms with Gasteiger partial charge in [-0.1, -0.05) is 18.2 Å². The van der Waals surface area contributed by atoms with Gasteiger partial charge in [0.25, 0.3) is 0 Å². The maximum absolute atomic E-state index is 11.6. The van der Waals surface area contributed by atoms with Crippen LogP contribution in [0.5, 0.6) is 5.75 Å². The molecule has 0 bridgehead atoms. The molecule has 0 spiro atoms. The average molecular weight is 295 g/mol. The number of hydrogen-bond donors (Lipinski definition) is 0. The Labute approximate surface area is 131 Å². The van der Waals surface area contributed by atoms with Gasteiger partial charge in [0, 0.05) is 29.4 Å². The smallest absolute Gasteiger partial charge is 0.159 e. The van der Waals surface area contributed by atoms with Gasteiger partial charge in [0.05, 0.1) is 7.11 Å². The van der Waals surface area contributed by atoms with E-state index in [9.17, 15) is 4.79 Å². The quantitative estimate of drug-likeness (QED) is 0.802. The third kappa shape index (κ3) is 2.59. The van der Waals surface area contributed by atoms with Gasteiger partial charge in [-0.05, 0) is 50.1 Å². The molecule has 0 aromatic heterocycles. The normalized spacial score (nSPS) is 16.5. The molecule has 0 aliphatic carbocycles. The van der Waals surface area contributed by atoms with Gasteiger partial charge < -0.3 is 9.64 Å². The molecular formula is C19H21NO2. The van der Waals surface area contributed by atoms with Crippen LogP contribution in [0.4, 0.5) is 5.69 Å². The van der Waals surface area contributed by atoms with Gasteiger partial charge in [-0.3, -0.25) is 4.79 Å². The fourth-order valence-electron chi connectivity index (χ4n) is 3.18. The molecule has 2 aromatic rings. The number of methoxy groups -OCH3 is 1. The molecule has 3 nitrogen and oxygen atoms in total. The van der Waals surface area contributed by atoms with Gasteiger partial charge >= 0.3 is 0 Å². The van der Waals surface area contributed by atoms with Gasteiger partial charge in [0.2, 0.25) is 0 Å². The Morgan fingerprint density at radius 3 is 2.77 bits per heavy atom. The second-order valence-corrected chi connectivity index (χ2v) is 5.89. The predicted molar refractivity (Wildman–Crippen MR) is 88.8 cm³/mol. The van der Waals surface area contributed by atoms with Crippen molar-refractivity contribution in [2.24, 2.45) is 0 Å². The van der Waals surface area contributed by atoms with E-state index in [2.05, 4.69) is 36.1 Å². The van der Waals surface area contributed by atoms with Crippen LogP contribution in [0.1, 0.15) is 35.3 Å². The van der Waals surface area contributed by atoms with E-state index < -0.39 is 0 Å². The third-order valence-electron chi connectivity index (χ3n) is 4.38. The highest BCUT2D eigenvalue weighted by atomic mass is 16.5. The zero-order valence-corrected chi connectivity index (χ0v) is 13.3. The third-order valence-corrected chi connectivity index (χ3v) is 4.38. The predicted octanol–water partition coefficient (Wildman–Crippen LogP) is 3.85. The highest BCUT2D eigenvalue weighted by Gasteiger charge is 2.26. The lowest BCUT2D eigenvalue weighted by Gasteiger charge is -2.26. The summed E-state index contributed by atoms with van der Waals surface area (Å²) in [5.74, 6) is 0.917. The number of hydrogen-bond acceptors (Lipinski definition) is 3. The Morgan fingerprint density at radius 1 is 1.27 bits per heavy atom. The van der Waals surface area contributed by atoms with E-state index in [1.165, 1.54) is 11.3 Å². The van der Waals surface area contributed by atoms with Crippen molar-refractivity contribution in [2.75, 3.05) is 12.0 Å². The first kappa shape index (κ1) is 14.6. The summed E-state index contributed by atoms with van der Waals surface area (Å²) in [5.41, 5.74) is 4.46. The van der Waals surface area contributed by atoms with Gasteiger partial charge in [-0.15, -0.1) is 0 Å². The molecule has 1 atom stereocenters. The first-order valence-corrected chi connectivity index (χ1v) is 7.62. The molecule has 114 valence electrons. The Morgan fingerprint density at radius 2 is 2.05 bits per heavy atom. The van der Waals surface area contributed by atoms with E-state index in [1.54, 1.807) is 14.0 Å². The largest absolute Gasteiger partial charge is 0.496 e. The summed E-state index contributed by atoms with van der Waals surface area (Å²) in [7, 11) is 1.67. The van der Waals surface area contributed by atoms with Gasteiger partial charge in [0.15, 0.2) is 5.78 Å². The molecule has 1 heterocycles. The Balaban J connectivity index is 1.96. The number of ketones is 1. The molecule has 1 aliphatic rings. The molecule has 1 unspecified atom stereocenters. The lowest BCUT2D eigenvalue weighted by molar-refractivity contribution is 0.101. The first-order chi connectivity index (χ1) is 10.6. The van der Waals surface area contributed by atoms with E-state index >= 15 is 0 Å². The molecule has 0 fully saturated rings. The number of anilines is 1. The average Bonchev–Trinajstić information content (AvgIpc) is 2.83. The number of carbonyl (C=O) groups excluding carboxylic acids is 1. The number of nitrogens with zero attached hydrogens (tertiary/aromatic N) is 1. The minimum absolute atomic E-state index is 0.0822. The second-order valence-electron chi connectivity index (χ2n) is 5.89. The van der Waals surface area contributed by atoms with E-state index in [1.807, 2.05) is 18.2 Å². The van der Waals surface area contributed by atoms with Crippen molar-refractivity contribution in [1.82, 2.24) is 0 Å². The SMILES string of the molecule is COc1ccc(C(C)=O)cc1CN1c2ccccc2CC1C. The van der Waals surface area contributed by atoms with Crippen molar-refractivity contribution < 1.29 is 9.53 Å². The van der Waals surface area contributed by atoms with Crippen molar-refractivity contribution in [3.8, 4) is 5.75 Å². The van der Waals surface area contributed by atoms with Gasteiger partial charge in [-0.25, -0.2) is 0 Å². The Kier molecular flexibility index (Phi) is 3.88. The number of fused-ring (bicyclic) bond motifs is 1. The van der Waals surface area contributed by atoms with Crippen LogP contribution in [-0.4, -0.2) is 18.9 Å². The van der Waals surface area contributed by atoms with Crippen molar-refractivity contribution in [2.45, 2.75) is 32.9 Å². The van der Waals surface area contributed by atoms with Crippen LogP contribution in [0.3, 0.4) is 0 Å². The fourth-order valence-corrected chi connectivity index (χ4v) is 3.18. The Hall–Kier alpha value is -2.29. The van der Waals surface area contributed by atoms with E-state index in [0.29, 0.717) is 6.04 Å². The lowest BCUT2D eigenvalue weighted by Crippen LogP contribution is -2.28. The molecule has 2 aromatic carbocycles. The van der Waals surface area contributed by atoms with Crippen LogP contribution in [-0.2, 0) is 13.0 Å². The molecule has 1 aliphatic heterocycles. The highest BCUT2D eigenvalue weighted by molar-refractivity contribution is 5.94. The minimum Gasteiger partial charge on any atom is -0.496 e. The number of rotatable bonds is 4. The number of carbonyl (C=O) groups is 1. The summed E-state index contributed by atoms with van der Waals surface area (Å²) in [5, 5.41) is 0. The van der Waals surface area contributed by atoms with Gasteiger partial charge in [0.1, 0.15) is 5.75 Å². The summed E-state index contributed by atoms with van der Waals surface area (Å²) in [6.45, 7) is 4.59. The maximum atomic E-state index is 11.6. The standard InChI is InChI=1S/C19H21NO2/c1-13-10-16-6-4-5-7-18(16)20(13)12-17-11-15(14(2)21)8-9-19(17)22-3/h4-9,11,13H,10,12H2,1-3H3. The topological polar surface area (TPSA) is 29.5 Å². The molecule has 3 rings (SSSR count). The number of ether oxygens (including phenoxy) is 1. The zero-order chi connectivity index (χ0) is 15.7. The van der Waals surface area contributed by atoms with Crippen LogP contribution in [0.25, 0.3) is 0 Å². The molecular weight excluding hydrogens is 274 g/mol. The fraction of sp³-hybridized carbons (Fsp3) is 0.316. The number of Topliss-reactive ketones (excluding diaryl/α,β-unsaturated/α-hetero) is 1. The maximum Gasteiger partial charge on any atom is 0.159 e. The molecule has 0 saturated carbocycles. The summed E-state index contributed by atoms with van der Waals surface area (Å²) >= 11 is 0. The number of para-hydroxylation sites is 1. The van der Waals surface area contributed by atoms with Crippen LogP contribution < -0.4 is 9.64 Å². The molecule has 22 heavy (non-hydrogen) atoms. The zero-order valence-electron chi connectivity index (χ0n) is 13.3. The van der Waals surface area contributed by atoms with Crippen LogP contribution in [0, 0.1) is 0 Å². The molecule has 0 saturated heterocycles. The van der Waals surface area contributed by atoms with Crippen molar-refractivity contribution in [3.63, 3.8) is 0 Å². The Bertz CT molecular complexity index is 708. The van der Waals surface area contributed by atoms with Crippen LogP contribution in [0.15, 0.2) is 42.5 Å². The molecule has 0 N–H and O–H groups in total. The lowest BCUT2D eigenvalue weighted by atomic mass is 10.1. The minimum atomic E-state index is 0.0822. The summed E-state index contributed by atoms with van der Waals surface area (Å²) in [6, 6.07) is 14.6. The van der Waals surface area contributed by atoms with Gasteiger partial charge in [-0.2, -0.15) is 0 Å². The van der Waals surface area contributed by atoms with E-state index in [4.69, 9.17) is 4.74 Å². The van der Waals surface area contributed by atoms with Crippen molar-refractivity contribution in [1.29, 1.82) is 0 Å². The summed E-state index contributed by atoms with van der Waals surface area (Å²) < 4.78 is 5.48. The second kappa shape index (κ2) is 5.84. The highest BCUT2D eigenvalue weighted by Crippen LogP contribution is 2.34. The van der Waals surface area contributed by atoms with Crippen molar-refractivity contribution in [3.05, 3.63) is 59.2 Å². The molecule has 0 amide bonds. The summed E-state index contributed by atoms with van der Waals surface area (Å²) in [4.78, 5) is 14.0. The monoisotopic (exact) mass is 295 g/mol. The van der Waals surface area contributed by atoms with Crippen molar-refractivity contribution >= 4 is 11.5 Å². The van der Waals surface area contributed by atoms with E-state index in [0.717, 1.165) is 29.8 Å². The number of benzene rings is 2. The summed E-state index contributed by atoms with van der Waals surface area (Å²) in [6.07, 6.45) is 1.06. The van der Waals surface area contributed by atoms with Crippen LogP contribution in [0.2, 0.25) is 0 Å². The molecule has 3 heteroatoms. The first-order valence-electron chi connectivity index (χ1n) is 7.62. The van der Waals surface area contributed by atoms with E-state index in [-0.39, 0.29) is 5.78 Å². The molecule has 0 radical (unpaired) electrons.